The molecule has 2 aromatic carbocycles. The van der Waals surface area contributed by atoms with Crippen molar-refractivity contribution >= 4 is 23.2 Å². The number of hydrogen-bond acceptors (Lipinski definition) is 4. The van der Waals surface area contributed by atoms with Crippen LogP contribution in [0.15, 0.2) is 47.3 Å². The molecule has 3 rings (SSSR count). The summed E-state index contributed by atoms with van der Waals surface area (Å²) >= 11 is 0. The number of nitrogens with one attached hydrogen (secondary N) is 2. The lowest BCUT2D eigenvalue weighted by atomic mass is 10.1. The maximum atomic E-state index is 13.8. The third-order valence-electron chi connectivity index (χ3n) is 4.12. The van der Waals surface area contributed by atoms with E-state index in [1.807, 2.05) is 32.0 Å². The van der Waals surface area contributed by atoms with Gasteiger partial charge in [-0.3, -0.25) is 14.2 Å². The molecule has 0 unspecified atom stereocenters. The van der Waals surface area contributed by atoms with Gasteiger partial charge in [-0.15, -0.1) is 0 Å². The van der Waals surface area contributed by atoms with E-state index in [9.17, 15) is 18.4 Å². The van der Waals surface area contributed by atoms with Crippen LogP contribution in [-0.2, 0) is 11.3 Å². The van der Waals surface area contributed by atoms with Gasteiger partial charge in [0.1, 0.15) is 18.2 Å². The first-order valence-corrected chi connectivity index (χ1v) is 8.90. The highest BCUT2D eigenvalue weighted by molar-refractivity contribution is 5.90. The monoisotopic (exact) mass is 398 g/mol. The maximum absolute atomic E-state index is 13.8. The summed E-state index contributed by atoms with van der Waals surface area (Å²) in [7, 11) is 0. The van der Waals surface area contributed by atoms with Crippen molar-refractivity contribution in [2.24, 2.45) is 0 Å². The Kier molecular flexibility index (Phi) is 5.72. The van der Waals surface area contributed by atoms with E-state index in [0.717, 1.165) is 33.5 Å². The number of amides is 1. The predicted octanol–water partition coefficient (Wildman–Crippen LogP) is 3.83. The van der Waals surface area contributed by atoms with Crippen LogP contribution in [0.5, 0.6) is 0 Å². The molecule has 0 fully saturated rings. The fourth-order valence-corrected chi connectivity index (χ4v) is 2.97. The molecular weight excluding hydrogens is 378 g/mol. The van der Waals surface area contributed by atoms with Crippen LogP contribution in [0.25, 0.3) is 0 Å². The summed E-state index contributed by atoms with van der Waals surface area (Å²) in [6, 6.07) is 9.91. The van der Waals surface area contributed by atoms with Crippen LogP contribution in [0.2, 0.25) is 0 Å². The van der Waals surface area contributed by atoms with Crippen molar-refractivity contribution in [3.8, 4) is 0 Å². The fraction of sp³-hybridized carbons (Fsp3) is 0.190. The van der Waals surface area contributed by atoms with Crippen molar-refractivity contribution in [2.45, 2.75) is 27.3 Å². The van der Waals surface area contributed by atoms with Crippen molar-refractivity contribution < 1.29 is 13.6 Å². The molecule has 0 aliphatic carbocycles. The predicted molar refractivity (Wildman–Crippen MR) is 107 cm³/mol. The quantitative estimate of drug-likeness (QED) is 0.685. The summed E-state index contributed by atoms with van der Waals surface area (Å²) in [6.07, 6.45) is 0. The van der Waals surface area contributed by atoms with E-state index < -0.39 is 29.6 Å². The van der Waals surface area contributed by atoms with Gasteiger partial charge in [-0.1, -0.05) is 6.07 Å². The molecule has 2 N–H and O–H groups in total. The molecule has 150 valence electrons. The highest BCUT2D eigenvalue weighted by Gasteiger charge is 2.14. The summed E-state index contributed by atoms with van der Waals surface area (Å²) in [5.41, 5.74) is 2.66. The van der Waals surface area contributed by atoms with E-state index in [-0.39, 0.29) is 11.6 Å². The fourth-order valence-electron chi connectivity index (χ4n) is 2.97. The van der Waals surface area contributed by atoms with Crippen LogP contribution < -0.4 is 16.2 Å². The van der Waals surface area contributed by atoms with Crippen molar-refractivity contribution in [3.05, 3.63) is 81.3 Å². The molecule has 0 aliphatic heterocycles. The van der Waals surface area contributed by atoms with Crippen LogP contribution in [0.1, 0.15) is 16.8 Å². The lowest BCUT2D eigenvalue weighted by molar-refractivity contribution is -0.116. The number of halogens is 2. The SMILES string of the molecule is Cc1cc(C)cc(Nc2nc(C)cc(=O)n2CC(=O)Nc2ccc(F)cc2F)c1. The van der Waals surface area contributed by atoms with E-state index >= 15 is 0 Å². The van der Waals surface area contributed by atoms with Crippen molar-refractivity contribution in [1.82, 2.24) is 9.55 Å². The van der Waals surface area contributed by atoms with E-state index in [0.29, 0.717) is 11.8 Å². The Morgan fingerprint density at radius 1 is 1.03 bits per heavy atom. The van der Waals surface area contributed by atoms with E-state index in [1.165, 1.54) is 6.07 Å². The highest BCUT2D eigenvalue weighted by atomic mass is 19.1. The van der Waals surface area contributed by atoms with Gasteiger partial charge in [0.05, 0.1) is 5.69 Å². The summed E-state index contributed by atoms with van der Waals surface area (Å²) in [4.78, 5) is 29.2. The van der Waals surface area contributed by atoms with Gasteiger partial charge >= 0.3 is 0 Å². The first-order chi connectivity index (χ1) is 13.7. The average molecular weight is 398 g/mol. The zero-order chi connectivity index (χ0) is 21.1. The number of aryl methyl sites for hydroxylation is 3. The molecule has 3 aromatic rings. The number of carbonyl (C=O) groups excluding carboxylic acids is 1. The Morgan fingerprint density at radius 3 is 2.38 bits per heavy atom. The molecule has 0 atom stereocenters. The third kappa shape index (κ3) is 5.04. The van der Waals surface area contributed by atoms with Crippen LogP contribution in [-0.4, -0.2) is 15.5 Å². The number of benzene rings is 2. The summed E-state index contributed by atoms with van der Waals surface area (Å²) in [5.74, 6) is -2.11. The van der Waals surface area contributed by atoms with Gasteiger partial charge < -0.3 is 10.6 Å². The standard InChI is InChI=1S/C21H20F2N4O2/c1-12-6-13(2)8-16(7-12)25-21-24-14(3)9-20(29)27(21)11-19(28)26-18-5-4-15(22)10-17(18)23/h4-10H,11H2,1-3H3,(H,24,25)(H,26,28). The molecule has 0 bridgehead atoms. The molecule has 29 heavy (non-hydrogen) atoms. The minimum absolute atomic E-state index is 0.173. The van der Waals surface area contributed by atoms with Gasteiger partial charge in [0.25, 0.3) is 5.56 Å². The molecule has 8 heteroatoms. The van der Waals surface area contributed by atoms with Gasteiger partial charge in [-0.05, 0) is 56.2 Å². The number of hydrogen-bond donors (Lipinski definition) is 2. The number of anilines is 3. The number of carbonyl (C=O) groups is 1. The molecule has 1 aromatic heterocycles. The number of rotatable bonds is 5. The first kappa shape index (κ1) is 20.2. The topological polar surface area (TPSA) is 76.0 Å². The van der Waals surface area contributed by atoms with Gasteiger partial charge in [-0.2, -0.15) is 0 Å². The molecule has 1 amide bonds. The Bertz CT molecular complexity index is 1120. The van der Waals surface area contributed by atoms with Crippen molar-refractivity contribution in [3.63, 3.8) is 0 Å². The largest absolute Gasteiger partial charge is 0.325 e. The summed E-state index contributed by atoms with van der Waals surface area (Å²) < 4.78 is 28.0. The smallest absolute Gasteiger partial charge is 0.255 e. The van der Waals surface area contributed by atoms with E-state index in [1.54, 1.807) is 6.92 Å². The van der Waals surface area contributed by atoms with Crippen molar-refractivity contribution in [2.75, 3.05) is 10.6 Å². The average Bonchev–Trinajstić information content (AvgIpc) is 2.59. The maximum Gasteiger partial charge on any atom is 0.255 e. The molecule has 0 radical (unpaired) electrons. The normalized spacial score (nSPS) is 10.7. The first-order valence-electron chi connectivity index (χ1n) is 8.90. The number of aromatic nitrogens is 2. The lowest BCUT2D eigenvalue weighted by Crippen LogP contribution is -2.30. The van der Waals surface area contributed by atoms with Gasteiger partial charge in [-0.25, -0.2) is 13.8 Å². The minimum atomic E-state index is -0.902. The van der Waals surface area contributed by atoms with E-state index in [2.05, 4.69) is 15.6 Å². The second kappa shape index (κ2) is 8.22. The number of nitrogens with zero attached hydrogens (tertiary/aromatic N) is 2. The molecule has 0 saturated heterocycles. The Balaban J connectivity index is 1.88. The summed E-state index contributed by atoms with van der Waals surface area (Å²) in [5, 5.41) is 5.41. The third-order valence-corrected chi connectivity index (χ3v) is 4.12. The summed E-state index contributed by atoms with van der Waals surface area (Å²) in [6.45, 7) is 5.17. The van der Waals surface area contributed by atoms with Crippen molar-refractivity contribution in [1.29, 1.82) is 0 Å². The van der Waals surface area contributed by atoms with Crippen LogP contribution in [0.4, 0.5) is 26.1 Å². The minimum Gasteiger partial charge on any atom is -0.325 e. The second-order valence-electron chi connectivity index (χ2n) is 6.82. The molecular formula is C21H20F2N4O2. The molecule has 0 spiro atoms. The van der Waals surface area contributed by atoms with Crippen LogP contribution in [0.3, 0.4) is 0 Å². The lowest BCUT2D eigenvalue weighted by Gasteiger charge is -2.15. The Labute approximate surface area is 166 Å². The zero-order valence-electron chi connectivity index (χ0n) is 16.2. The molecule has 0 saturated carbocycles. The zero-order valence-corrected chi connectivity index (χ0v) is 16.2. The Hall–Kier alpha value is -3.55. The van der Waals surface area contributed by atoms with Crippen LogP contribution >= 0.6 is 0 Å². The molecule has 1 heterocycles. The van der Waals surface area contributed by atoms with Crippen LogP contribution in [0, 0.1) is 32.4 Å². The van der Waals surface area contributed by atoms with Gasteiger partial charge in [0.15, 0.2) is 0 Å². The van der Waals surface area contributed by atoms with E-state index in [4.69, 9.17) is 0 Å². The molecule has 0 aliphatic rings. The Morgan fingerprint density at radius 2 is 1.72 bits per heavy atom. The van der Waals surface area contributed by atoms with Gasteiger partial charge in [0, 0.05) is 23.5 Å². The van der Waals surface area contributed by atoms with Gasteiger partial charge in [0.2, 0.25) is 11.9 Å². The molecule has 6 nitrogen and oxygen atoms in total. The second-order valence-corrected chi connectivity index (χ2v) is 6.82. The highest BCUT2D eigenvalue weighted by Crippen LogP contribution is 2.19.